The summed E-state index contributed by atoms with van der Waals surface area (Å²) in [6.07, 6.45) is 0. The van der Waals surface area contributed by atoms with E-state index >= 15 is 0 Å². The molecule has 0 saturated heterocycles. The van der Waals surface area contributed by atoms with Crippen LogP contribution in [0.1, 0.15) is 22.3 Å². The fourth-order valence-corrected chi connectivity index (χ4v) is 2.59. The number of benzene rings is 2. The minimum atomic E-state index is 0.0278. The first-order valence-electron chi connectivity index (χ1n) is 6.67. The van der Waals surface area contributed by atoms with Crippen LogP contribution in [0, 0.1) is 33.1 Å². The molecule has 3 heteroatoms. The molecule has 0 unspecified atom stereocenters. The van der Waals surface area contributed by atoms with Gasteiger partial charge in [0.25, 0.3) is 0 Å². The van der Waals surface area contributed by atoms with Crippen molar-refractivity contribution in [3.8, 4) is 0 Å². The number of hydrogen-bond donors (Lipinski definition) is 2. The fourth-order valence-electron chi connectivity index (χ4n) is 2.59. The normalized spacial score (nSPS) is 10.4. The molecular weight excluding hydrogens is 246 g/mol. The van der Waals surface area contributed by atoms with Gasteiger partial charge in [0, 0.05) is 11.4 Å². The van der Waals surface area contributed by atoms with Crippen molar-refractivity contribution in [2.45, 2.75) is 27.7 Å². The molecule has 0 saturated carbocycles. The third-order valence-electron chi connectivity index (χ3n) is 3.17. The van der Waals surface area contributed by atoms with E-state index in [-0.39, 0.29) is 5.96 Å². The van der Waals surface area contributed by atoms with Gasteiger partial charge in [-0.25, -0.2) is 0 Å². The maximum absolute atomic E-state index is 7.91. The monoisotopic (exact) mass is 267 g/mol. The van der Waals surface area contributed by atoms with Crippen molar-refractivity contribution in [3.63, 3.8) is 0 Å². The predicted octanol–water partition coefficient (Wildman–Crippen LogP) is 3.95. The molecule has 0 amide bonds. The van der Waals surface area contributed by atoms with E-state index in [1.807, 2.05) is 24.3 Å². The van der Waals surface area contributed by atoms with E-state index < -0.39 is 0 Å². The van der Waals surface area contributed by atoms with Gasteiger partial charge in [0.05, 0.1) is 0 Å². The number of anilines is 2. The molecule has 2 rings (SSSR count). The molecule has 0 spiro atoms. The van der Waals surface area contributed by atoms with Crippen molar-refractivity contribution in [3.05, 3.63) is 58.7 Å². The van der Waals surface area contributed by atoms with Crippen LogP contribution in [0.3, 0.4) is 0 Å². The van der Waals surface area contributed by atoms with Crippen LogP contribution in [0.25, 0.3) is 0 Å². The highest BCUT2D eigenvalue weighted by molar-refractivity contribution is 6.00. The van der Waals surface area contributed by atoms with Crippen molar-refractivity contribution in [2.24, 2.45) is 5.73 Å². The molecule has 0 radical (unpaired) electrons. The summed E-state index contributed by atoms with van der Waals surface area (Å²) in [5.74, 6) is 0.0278. The minimum absolute atomic E-state index is 0.0278. The van der Waals surface area contributed by atoms with E-state index in [0.29, 0.717) is 0 Å². The molecule has 3 nitrogen and oxygen atoms in total. The fraction of sp³-hybridized carbons (Fsp3) is 0.235. The van der Waals surface area contributed by atoms with Crippen molar-refractivity contribution >= 4 is 17.3 Å². The highest BCUT2D eigenvalue weighted by atomic mass is 15.2. The van der Waals surface area contributed by atoms with Gasteiger partial charge in [-0.05, 0) is 74.2 Å². The van der Waals surface area contributed by atoms with Gasteiger partial charge in [-0.2, -0.15) is 0 Å². The van der Waals surface area contributed by atoms with E-state index in [4.69, 9.17) is 11.1 Å². The van der Waals surface area contributed by atoms with Gasteiger partial charge in [0.1, 0.15) is 0 Å². The lowest BCUT2D eigenvalue weighted by Crippen LogP contribution is -2.32. The Balaban J connectivity index is 2.59. The van der Waals surface area contributed by atoms with E-state index in [1.165, 1.54) is 0 Å². The summed E-state index contributed by atoms with van der Waals surface area (Å²) in [6, 6.07) is 12.4. The van der Waals surface area contributed by atoms with Crippen LogP contribution in [0.15, 0.2) is 36.4 Å². The third-order valence-corrected chi connectivity index (χ3v) is 3.17. The number of aryl methyl sites for hydroxylation is 4. The third kappa shape index (κ3) is 2.99. The van der Waals surface area contributed by atoms with E-state index in [2.05, 4.69) is 39.8 Å². The molecule has 0 aliphatic rings. The molecular formula is C17H21N3. The van der Waals surface area contributed by atoms with E-state index in [0.717, 1.165) is 33.6 Å². The Labute approximate surface area is 120 Å². The number of rotatable bonds is 2. The smallest absolute Gasteiger partial charge is 0.197 e. The number of guanidine groups is 1. The second-order valence-corrected chi connectivity index (χ2v) is 5.41. The summed E-state index contributed by atoms with van der Waals surface area (Å²) < 4.78 is 0. The van der Waals surface area contributed by atoms with Crippen LogP contribution in [-0.4, -0.2) is 5.96 Å². The van der Waals surface area contributed by atoms with Crippen molar-refractivity contribution in [1.82, 2.24) is 0 Å². The molecule has 0 aliphatic heterocycles. The second kappa shape index (κ2) is 5.37. The summed E-state index contributed by atoms with van der Waals surface area (Å²) in [7, 11) is 0. The molecule has 20 heavy (non-hydrogen) atoms. The summed E-state index contributed by atoms with van der Waals surface area (Å²) in [5.41, 5.74) is 12.3. The van der Waals surface area contributed by atoms with Crippen LogP contribution >= 0.6 is 0 Å². The Morgan fingerprint density at radius 1 is 0.750 bits per heavy atom. The Morgan fingerprint density at radius 3 is 1.30 bits per heavy atom. The summed E-state index contributed by atoms with van der Waals surface area (Å²) in [5, 5.41) is 7.91. The maximum atomic E-state index is 7.91. The first kappa shape index (κ1) is 14.1. The lowest BCUT2D eigenvalue weighted by Gasteiger charge is -2.24. The topological polar surface area (TPSA) is 53.1 Å². The molecule has 0 bridgehead atoms. The van der Waals surface area contributed by atoms with Gasteiger partial charge in [-0.3, -0.25) is 10.3 Å². The van der Waals surface area contributed by atoms with E-state index in [9.17, 15) is 0 Å². The molecule has 0 fully saturated rings. The number of nitrogens with two attached hydrogens (primary N) is 1. The Kier molecular flexibility index (Phi) is 3.79. The van der Waals surface area contributed by atoms with Crippen LogP contribution in [0.4, 0.5) is 11.4 Å². The van der Waals surface area contributed by atoms with Gasteiger partial charge < -0.3 is 5.73 Å². The van der Waals surface area contributed by atoms with Crippen LogP contribution in [-0.2, 0) is 0 Å². The average molecular weight is 267 g/mol. The van der Waals surface area contributed by atoms with Gasteiger partial charge in [0.2, 0.25) is 0 Å². The molecule has 0 atom stereocenters. The van der Waals surface area contributed by atoms with Crippen molar-refractivity contribution in [2.75, 3.05) is 4.90 Å². The first-order chi connectivity index (χ1) is 9.36. The zero-order chi connectivity index (χ0) is 14.9. The molecule has 2 aromatic carbocycles. The molecule has 3 N–H and O–H groups in total. The molecule has 2 aromatic rings. The maximum Gasteiger partial charge on any atom is 0.197 e. The van der Waals surface area contributed by atoms with Gasteiger partial charge in [-0.1, -0.05) is 12.1 Å². The average Bonchev–Trinajstić information content (AvgIpc) is 2.25. The standard InChI is InChI=1S/C17H21N3/c1-11-5-12(2)8-15(7-11)20(17(18)19)16-9-13(3)6-14(4)10-16/h5-10H,1-4H3,(H3,18,19). The highest BCUT2D eigenvalue weighted by Crippen LogP contribution is 2.28. The Morgan fingerprint density at radius 2 is 1.05 bits per heavy atom. The van der Waals surface area contributed by atoms with Crippen LogP contribution in [0.2, 0.25) is 0 Å². The van der Waals surface area contributed by atoms with E-state index in [1.54, 1.807) is 4.90 Å². The second-order valence-electron chi connectivity index (χ2n) is 5.41. The molecule has 0 aromatic heterocycles. The Bertz CT molecular complexity index is 567. The van der Waals surface area contributed by atoms with Crippen molar-refractivity contribution < 1.29 is 0 Å². The quantitative estimate of drug-likeness (QED) is 0.639. The lowest BCUT2D eigenvalue weighted by molar-refractivity contribution is 1.22. The van der Waals surface area contributed by atoms with Crippen LogP contribution in [0.5, 0.6) is 0 Å². The Hall–Kier alpha value is -2.29. The summed E-state index contributed by atoms with van der Waals surface area (Å²) >= 11 is 0. The largest absolute Gasteiger partial charge is 0.369 e. The molecule has 0 heterocycles. The van der Waals surface area contributed by atoms with Gasteiger partial charge in [0.15, 0.2) is 5.96 Å². The SMILES string of the molecule is Cc1cc(C)cc(N(C(=N)N)c2cc(C)cc(C)c2)c1. The zero-order valence-corrected chi connectivity index (χ0v) is 12.5. The number of nitrogens with zero attached hydrogens (tertiary/aromatic N) is 1. The minimum Gasteiger partial charge on any atom is -0.369 e. The predicted molar refractivity (Wildman–Crippen MR) is 85.9 cm³/mol. The summed E-state index contributed by atoms with van der Waals surface area (Å²) in [4.78, 5) is 1.78. The number of hydrogen-bond acceptors (Lipinski definition) is 1. The molecule has 0 aliphatic carbocycles. The number of nitrogens with one attached hydrogen (secondary N) is 1. The summed E-state index contributed by atoms with van der Waals surface area (Å²) in [6.45, 7) is 8.21. The van der Waals surface area contributed by atoms with Gasteiger partial charge in [-0.15, -0.1) is 0 Å². The van der Waals surface area contributed by atoms with Crippen molar-refractivity contribution in [1.29, 1.82) is 5.41 Å². The van der Waals surface area contributed by atoms with Crippen LogP contribution < -0.4 is 10.6 Å². The highest BCUT2D eigenvalue weighted by Gasteiger charge is 2.14. The van der Waals surface area contributed by atoms with Gasteiger partial charge >= 0.3 is 0 Å². The first-order valence-corrected chi connectivity index (χ1v) is 6.67. The molecule has 104 valence electrons. The lowest BCUT2D eigenvalue weighted by atomic mass is 10.1. The zero-order valence-electron chi connectivity index (χ0n) is 12.5.